The molecular formula is C13H8Cl2FNO2. The van der Waals surface area contributed by atoms with Crippen LogP contribution in [0, 0.1) is 5.82 Å². The third kappa shape index (κ3) is 3.22. The van der Waals surface area contributed by atoms with Crippen LogP contribution in [0.4, 0.5) is 4.39 Å². The fraction of sp³-hybridized carbons (Fsp3) is 0.0769. The van der Waals surface area contributed by atoms with Gasteiger partial charge < -0.3 is 5.11 Å². The maximum absolute atomic E-state index is 13.4. The molecule has 0 unspecified atom stereocenters. The lowest BCUT2D eigenvalue weighted by Crippen LogP contribution is -2.05. The second kappa shape index (κ2) is 5.55. The molecule has 0 saturated heterocycles. The topological polar surface area (TPSA) is 50.2 Å². The first kappa shape index (κ1) is 13.8. The van der Waals surface area contributed by atoms with Gasteiger partial charge in [0.05, 0.1) is 22.8 Å². The van der Waals surface area contributed by atoms with Gasteiger partial charge in [-0.15, -0.1) is 0 Å². The van der Waals surface area contributed by atoms with Crippen LogP contribution < -0.4 is 0 Å². The average molecular weight is 300 g/mol. The quantitative estimate of drug-likeness (QED) is 0.937. The van der Waals surface area contributed by atoms with Gasteiger partial charge in [-0.05, 0) is 30.3 Å². The van der Waals surface area contributed by atoms with Crippen LogP contribution in [0.25, 0.3) is 11.3 Å². The highest BCUT2D eigenvalue weighted by Crippen LogP contribution is 2.29. The zero-order chi connectivity index (χ0) is 14.0. The maximum Gasteiger partial charge on any atom is 0.309 e. The third-order valence-electron chi connectivity index (χ3n) is 2.44. The normalized spacial score (nSPS) is 10.5. The summed E-state index contributed by atoms with van der Waals surface area (Å²) in [6, 6.07) is 7.43. The molecule has 0 aliphatic rings. The molecule has 1 aromatic heterocycles. The van der Waals surface area contributed by atoms with Crippen molar-refractivity contribution in [2.24, 2.45) is 0 Å². The summed E-state index contributed by atoms with van der Waals surface area (Å²) in [5.41, 5.74) is 0.841. The van der Waals surface area contributed by atoms with Crippen LogP contribution in [0.3, 0.4) is 0 Å². The van der Waals surface area contributed by atoms with Crippen molar-refractivity contribution in [2.45, 2.75) is 6.42 Å². The van der Waals surface area contributed by atoms with Gasteiger partial charge in [-0.3, -0.25) is 4.79 Å². The minimum atomic E-state index is -1.15. The van der Waals surface area contributed by atoms with Crippen LogP contribution in [0.2, 0.25) is 10.0 Å². The van der Waals surface area contributed by atoms with Crippen molar-refractivity contribution in [3.63, 3.8) is 0 Å². The molecule has 0 saturated carbocycles. The highest BCUT2D eigenvalue weighted by molar-refractivity contribution is 6.36. The highest BCUT2D eigenvalue weighted by Gasteiger charge is 2.12. The van der Waals surface area contributed by atoms with Gasteiger partial charge >= 0.3 is 5.97 Å². The van der Waals surface area contributed by atoms with E-state index in [1.54, 1.807) is 18.2 Å². The van der Waals surface area contributed by atoms with Gasteiger partial charge in [0.1, 0.15) is 5.82 Å². The number of nitrogens with zero attached hydrogens (tertiary/aromatic N) is 1. The van der Waals surface area contributed by atoms with Crippen molar-refractivity contribution >= 4 is 29.2 Å². The summed E-state index contributed by atoms with van der Waals surface area (Å²) in [5.74, 6) is -1.80. The summed E-state index contributed by atoms with van der Waals surface area (Å²) in [6.07, 6.45) is -0.481. The van der Waals surface area contributed by atoms with E-state index in [2.05, 4.69) is 4.98 Å². The molecule has 0 radical (unpaired) electrons. The summed E-state index contributed by atoms with van der Waals surface area (Å²) in [7, 11) is 0. The summed E-state index contributed by atoms with van der Waals surface area (Å²) < 4.78 is 13.4. The number of carboxylic acid groups (broad SMARTS) is 1. The minimum Gasteiger partial charge on any atom is -0.481 e. The summed E-state index contributed by atoms with van der Waals surface area (Å²) >= 11 is 11.8. The van der Waals surface area contributed by atoms with Gasteiger partial charge in [0.2, 0.25) is 0 Å². The zero-order valence-corrected chi connectivity index (χ0v) is 11.0. The minimum absolute atomic E-state index is 0.129. The number of hydrogen-bond donors (Lipinski definition) is 1. The fourth-order valence-electron chi connectivity index (χ4n) is 1.60. The van der Waals surface area contributed by atoms with Crippen LogP contribution in [0.5, 0.6) is 0 Å². The van der Waals surface area contributed by atoms with E-state index < -0.39 is 18.2 Å². The number of rotatable bonds is 3. The molecule has 0 fully saturated rings. The number of pyridine rings is 1. The number of halogens is 3. The monoisotopic (exact) mass is 299 g/mol. The van der Waals surface area contributed by atoms with Crippen molar-refractivity contribution in [1.82, 2.24) is 4.98 Å². The summed E-state index contributed by atoms with van der Waals surface area (Å²) in [6.45, 7) is 0. The third-order valence-corrected chi connectivity index (χ3v) is 2.99. The second-order valence-electron chi connectivity index (χ2n) is 3.82. The molecule has 0 bridgehead atoms. The Morgan fingerprint density at radius 3 is 2.63 bits per heavy atom. The van der Waals surface area contributed by atoms with E-state index in [9.17, 15) is 9.18 Å². The highest BCUT2D eigenvalue weighted by atomic mass is 35.5. The van der Waals surface area contributed by atoms with Crippen molar-refractivity contribution < 1.29 is 14.3 Å². The standard InChI is InChI=1S/C13H8Cl2FNO2/c14-7-1-2-8(9(15)5-7)11-4-3-10(16)12(17-11)6-13(18)19/h1-5H,6H2,(H,18,19). The van der Waals surface area contributed by atoms with E-state index in [0.717, 1.165) is 0 Å². The number of aromatic nitrogens is 1. The van der Waals surface area contributed by atoms with E-state index >= 15 is 0 Å². The molecule has 0 atom stereocenters. The molecule has 1 heterocycles. The Kier molecular flexibility index (Phi) is 4.02. The largest absolute Gasteiger partial charge is 0.481 e. The Hall–Kier alpha value is -1.65. The van der Waals surface area contributed by atoms with E-state index in [1.165, 1.54) is 12.1 Å². The number of hydrogen-bond acceptors (Lipinski definition) is 2. The van der Waals surface area contributed by atoms with Gasteiger partial charge in [0.25, 0.3) is 0 Å². The predicted molar refractivity (Wildman–Crippen MR) is 71.0 cm³/mol. The van der Waals surface area contributed by atoms with E-state index in [4.69, 9.17) is 28.3 Å². The molecule has 98 valence electrons. The molecule has 0 aliphatic carbocycles. The smallest absolute Gasteiger partial charge is 0.309 e. The molecule has 0 aliphatic heterocycles. The Morgan fingerprint density at radius 2 is 2.00 bits per heavy atom. The van der Waals surface area contributed by atoms with Crippen molar-refractivity contribution in [2.75, 3.05) is 0 Å². The Morgan fingerprint density at radius 1 is 1.26 bits per heavy atom. The van der Waals surface area contributed by atoms with Crippen LogP contribution in [0.15, 0.2) is 30.3 Å². The average Bonchev–Trinajstić information content (AvgIpc) is 2.32. The number of carboxylic acids is 1. The first-order valence-electron chi connectivity index (χ1n) is 5.30. The molecule has 1 aromatic carbocycles. The maximum atomic E-state index is 13.4. The lowest BCUT2D eigenvalue weighted by Gasteiger charge is -2.06. The summed E-state index contributed by atoms with van der Waals surface area (Å²) in [4.78, 5) is 14.6. The van der Waals surface area contributed by atoms with Crippen LogP contribution >= 0.6 is 23.2 Å². The molecule has 19 heavy (non-hydrogen) atoms. The number of benzene rings is 1. The zero-order valence-electron chi connectivity index (χ0n) is 9.53. The van der Waals surface area contributed by atoms with E-state index in [1.807, 2.05) is 0 Å². The van der Waals surface area contributed by atoms with Crippen LogP contribution in [-0.4, -0.2) is 16.1 Å². The van der Waals surface area contributed by atoms with Crippen LogP contribution in [0.1, 0.15) is 5.69 Å². The molecule has 3 nitrogen and oxygen atoms in total. The lowest BCUT2D eigenvalue weighted by atomic mass is 10.1. The molecule has 1 N–H and O–H groups in total. The van der Waals surface area contributed by atoms with Gasteiger partial charge in [0, 0.05) is 10.6 Å². The van der Waals surface area contributed by atoms with Crippen molar-refractivity contribution in [3.05, 3.63) is 51.9 Å². The Labute approximate surface area is 118 Å². The number of aliphatic carboxylic acids is 1. The first-order chi connectivity index (χ1) is 8.97. The predicted octanol–water partition coefficient (Wildman–Crippen LogP) is 3.82. The van der Waals surface area contributed by atoms with Gasteiger partial charge in [-0.2, -0.15) is 0 Å². The van der Waals surface area contributed by atoms with Crippen LogP contribution in [-0.2, 0) is 11.2 Å². The van der Waals surface area contributed by atoms with E-state index in [-0.39, 0.29) is 5.69 Å². The van der Waals surface area contributed by atoms with Gasteiger partial charge in [-0.1, -0.05) is 23.2 Å². The summed E-state index contributed by atoms with van der Waals surface area (Å²) in [5, 5.41) is 9.54. The fourth-order valence-corrected chi connectivity index (χ4v) is 2.10. The molecule has 0 amide bonds. The second-order valence-corrected chi connectivity index (χ2v) is 4.66. The van der Waals surface area contributed by atoms with E-state index in [0.29, 0.717) is 21.3 Å². The van der Waals surface area contributed by atoms with Gasteiger partial charge in [-0.25, -0.2) is 9.37 Å². The van der Waals surface area contributed by atoms with Crippen molar-refractivity contribution in [1.29, 1.82) is 0 Å². The molecular weight excluding hydrogens is 292 g/mol. The Bertz CT molecular complexity index is 647. The Balaban J connectivity index is 2.48. The first-order valence-corrected chi connectivity index (χ1v) is 6.05. The lowest BCUT2D eigenvalue weighted by molar-refractivity contribution is -0.136. The molecule has 2 aromatic rings. The molecule has 2 rings (SSSR count). The van der Waals surface area contributed by atoms with Crippen molar-refractivity contribution in [3.8, 4) is 11.3 Å². The van der Waals surface area contributed by atoms with Gasteiger partial charge in [0.15, 0.2) is 0 Å². The SMILES string of the molecule is O=C(O)Cc1nc(-c2ccc(Cl)cc2Cl)ccc1F. The number of carbonyl (C=O) groups is 1. The molecule has 6 heteroatoms. The molecule has 0 spiro atoms.